The molecule has 3 rings (SSSR count). The maximum Gasteiger partial charge on any atom is 0.267 e. The average molecular weight is 361 g/mol. The largest absolute Gasteiger partial charge is 0.321 e. The molecule has 0 aliphatic rings. The number of imidazole rings is 1. The summed E-state index contributed by atoms with van der Waals surface area (Å²) in [5, 5.41) is 8.63. The van der Waals surface area contributed by atoms with Crippen LogP contribution in [0.5, 0.6) is 0 Å². The highest BCUT2D eigenvalue weighted by Crippen LogP contribution is 2.31. The molecule has 0 bridgehead atoms. The Hall–Kier alpha value is -3.18. The van der Waals surface area contributed by atoms with E-state index in [-0.39, 0.29) is 6.04 Å². The Bertz CT molecular complexity index is 974. The first kappa shape index (κ1) is 18.6. The van der Waals surface area contributed by atoms with E-state index in [0.717, 1.165) is 28.3 Å². The molecule has 1 heterocycles. The molecular formula is C22H23N3O2. The van der Waals surface area contributed by atoms with Crippen molar-refractivity contribution >= 4 is 12.0 Å². The molecule has 0 radical (unpaired) electrons. The van der Waals surface area contributed by atoms with Gasteiger partial charge in [0.25, 0.3) is 5.91 Å². The summed E-state index contributed by atoms with van der Waals surface area (Å²) in [6.07, 6.45) is 2.96. The van der Waals surface area contributed by atoms with Crippen LogP contribution in [0.2, 0.25) is 0 Å². The normalized spacial score (nSPS) is 12.3. The minimum atomic E-state index is -0.560. The van der Waals surface area contributed by atoms with Crippen molar-refractivity contribution in [2.24, 2.45) is 0 Å². The molecule has 5 nitrogen and oxygen atoms in total. The van der Waals surface area contributed by atoms with Gasteiger partial charge in [0, 0.05) is 11.6 Å². The fraction of sp³-hybridized carbons (Fsp3) is 0.182. The number of benzene rings is 2. The lowest BCUT2D eigenvalue weighted by Crippen LogP contribution is -2.14. The van der Waals surface area contributed by atoms with Crippen LogP contribution in [0.3, 0.4) is 0 Å². The first-order chi connectivity index (χ1) is 13.0. The molecule has 1 atom stereocenters. The van der Waals surface area contributed by atoms with E-state index in [4.69, 9.17) is 10.2 Å². The highest BCUT2D eigenvalue weighted by atomic mass is 16.5. The summed E-state index contributed by atoms with van der Waals surface area (Å²) in [6, 6.07) is 18.4. The number of carbonyl (C=O) groups is 1. The zero-order valence-corrected chi connectivity index (χ0v) is 15.7. The molecule has 2 aromatic carbocycles. The van der Waals surface area contributed by atoms with E-state index in [2.05, 4.69) is 23.6 Å². The Labute approximate surface area is 159 Å². The van der Waals surface area contributed by atoms with Gasteiger partial charge in [-0.05, 0) is 44.0 Å². The van der Waals surface area contributed by atoms with Crippen molar-refractivity contribution in [1.29, 1.82) is 0 Å². The Kier molecular flexibility index (Phi) is 5.52. The van der Waals surface area contributed by atoms with Gasteiger partial charge >= 0.3 is 0 Å². The van der Waals surface area contributed by atoms with Gasteiger partial charge in [-0.25, -0.2) is 10.5 Å². The molecule has 0 saturated heterocycles. The highest BCUT2D eigenvalue weighted by molar-refractivity contribution is 5.91. The number of hydroxylamine groups is 1. The van der Waals surface area contributed by atoms with Gasteiger partial charge in [-0.3, -0.25) is 10.0 Å². The second-order valence-corrected chi connectivity index (χ2v) is 6.48. The van der Waals surface area contributed by atoms with Gasteiger partial charge in [0.1, 0.15) is 5.82 Å². The number of carbonyl (C=O) groups excluding carboxylic acids is 1. The van der Waals surface area contributed by atoms with Gasteiger partial charge in [-0.1, -0.05) is 48.5 Å². The first-order valence-electron chi connectivity index (χ1n) is 8.84. The zero-order chi connectivity index (χ0) is 19.4. The SMILES string of the molecule is Cc1nc(C)n([C@H](C)c2ccccc2)c1-c1cccc(/C=C/C(=O)NO)c1. The Morgan fingerprint density at radius 1 is 1.15 bits per heavy atom. The molecule has 3 aromatic rings. The van der Waals surface area contributed by atoms with Crippen molar-refractivity contribution in [2.75, 3.05) is 0 Å². The number of amides is 1. The summed E-state index contributed by atoms with van der Waals surface area (Å²) in [7, 11) is 0. The van der Waals surface area contributed by atoms with Gasteiger partial charge < -0.3 is 4.57 Å². The van der Waals surface area contributed by atoms with Gasteiger partial charge in [0.2, 0.25) is 0 Å². The first-order valence-corrected chi connectivity index (χ1v) is 8.84. The van der Waals surface area contributed by atoms with Crippen LogP contribution in [0.1, 0.15) is 35.6 Å². The predicted molar refractivity (Wildman–Crippen MR) is 106 cm³/mol. The minimum absolute atomic E-state index is 0.141. The van der Waals surface area contributed by atoms with Gasteiger partial charge in [0.15, 0.2) is 0 Å². The van der Waals surface area contributed by atoms with E-state index in [9.17, 15) is 4.79 Å². The van der Waals surface area contributed by atoms with E-state index < -0.39 is 5.91 Å². The summed E-state index contributed by atoms with van der Waals surface area (Å²) >= 11 is 0. The number of aromatic nitrogens is 2. The Morgan fingerprint density at radius 2 is 1.89 bits per heavy atom. The molecule has 0 saturated carbocycles. The summed E-state index contributed by atoms with van der Waals surface area (Å²) in [4.78, 5) is 15.9. The minimum Gasteiger partial charge on any atom is -0.321 e. The van der Waals surface area contributed by atoms with Crippen molar-refractivity contribution in [1.82, 2.24) is 15.0 Å². The Morgan fingerprint density at radius 3 is 2.59 bits per heavy atom. The number of rotatable bonds is 5. The molecule has 138 valence electrons. The molecule has 5 heteroatoms. The maximum atomic E-state index is 11.2. The van der Waals surface area contributed by atoms with E-state index in [1.54, 1.807) is 11.6 Å². The second-order valence-electron chi connectivity index (χ2n) is 6.48. The summed E-state index contributed by atoms with van der Waals surface area (Å²) in [5.74, 6) is 0.398. The van der Waals surface area contributed by atoms with Crippen LogP contribution >= 0.6 is 0 Å². The molecular weight excluding hydrogens is 338 g/mol. The standard InChI is InChI=1S/C22H23N3O2/c1-15-22(20-11-7-8-18(14-20)12-13-21(26)24-27)25(17(3)23-15)16(2)19-9-5-4-6-10-19/h4-14,16,27H,1-3H3,(H,24,26)/b13-12+/t16-/m1/s1. The van der Waals surface area contributed by atoms with Crippen LogP contribution in [0, 0.1) is 13.8 Å². The Balaban J connectivity index is 2.05. The van der Waals surface area contributed by atoms with Gasteiger partial charge in [-0.15, -0.1) is 0 Å². The van der Waals surface area contributed by atoms with Crippen LogP contribution in [0.4, 0.5) is 0 Å². The lowest BCUT2D eigenvalue weighted by Gasteiger charge is -2.20. The van der Waals surface area contributed by atoms with Crippen molar-refractivity contribution in [3.05, 3.63) is 83.3 Å². The predicted octanol–water partition coefficient (Wildman–Crippen LogP) is 4.29. The lowest BCUT2D eigenvalue weighted by atomic mass is 10.0. The zero-order valence-electron chi connectivity index (χ0n) is 15.7. The average Bonchev–Trinajstić information content (AvgIpc) is 3.00. The summed E-state index contributed by atoms with van der Waals surface area (Å²) in [5.41, 5.74) is 6.74. The van der Waals surface area contributed by atoms with Crippen molar-refractivity contribution in [3.63, 3.8) is 0 Å². The maximum absolute atomic E-state index is 11.2. The third-order valence-electron chi connectivity index (χ3n) is 4.63. The lowest BCUT2D eigenvalue weighted by molar-refractivity contribution is -0.124. The molecule has 0 fully saturated rings. The van der Waals surface area contributed by atoms with Gasteiger partial charge in [-0.2, -0.15) is 0 Å². The third kappa shape index (κ3) is 3.99. The summed E-state index contributed by atoms with van der Waals surface area (Å²) in [6.45, 7) is 6.20. The van der Waals surface area contributed by atoms with E-state index >= 15 is 0 Å². The van der Waals surface area contributed by atoms with Crippen LogP contribution in [0.25, 0.3) is 17.3 Å². The molecule has 2 N–H and O–H groups in total. The van der Waals surface area contributed by atoms with Crippen LogP contribution in [-0.4, -0.2) is 20.7 Å². The van der Waals surface area contributed by atoms with E-state index in [1.165, 1.54) is 11.6 Å². The van der Waals surface area contributed by atoms with E-state index in [0.29, 0.717) is 0 Å². The number of nitrogens with one attached hydrogen (secondary N) is 1. The fourth-order valence-corrected chi connectivity index (χ4v) is 3.39. The fourth-order valence-electron chi connectivity index (χ4n) is 3.39. The number of aryl methyl sites for hydroxylation is 2. The van der Waals surface area contributed by atoms with Crippen LogP contribution in [-0.2, 0) is 4.79 Å². The van der Waals surface area contributed by atoms with Crippen molar-refractivity contribution in [2.45, 2.75) is 26.8 Å². The second kappa shape index (κ2) is 8.01. The third-order valence-corrected chi connectivity index (χ3v) is 4.63. The quantitative estimate of drug-likeness (QED) is 0.405. The van der Waals surface area contributed by atoms with Crippen LogP contribution in [0.15, 0.2) is 60.7 Å². The van der Waals surface area contributed by atoms with E-state index in [1.807, 2.05) is 56.3 Å². The smallest absolute Gasteiger partial charge is 0.267 e. The highest BCUT2D eigenvalue weighted by Gasteiger charge is 2.19. The molecule has 1 aromatic heterocycles. The number of nitrogens with zero attached hydrogens (tertiary/aromatic N) is 2. The molecule has 1 amide bonds. The van der Waals surface area contributed by atoms with Crippen molar-refractivity contribution in [3.8, 4) is 11.3 Å². The number of hydrogen-bond acceptors (Lipinski definition) is 3. The van der Waals surface area contributed by atoms with Crippen molar-refractivity contribution < 1.29 is 10.0 Å². The van der Waals surface area contributed by atoms with Gasteiger partial charge in [0.05, 0.1) is 17.4 Å². The molecule has 0 spiro atoms. The monoisotopic (exact) mass is 361 g/mol. The molecule has 0 aliphatic carbocycles. The summed E-state index contributed by atoms with van der Waals surface area (Å²) < 4.78 is 2.24. The molecule has 0 aliphatic heterocycles. The number of hydrogen-bond donors (Lipinski definition) is 2. The topological polar surface area (TPSA) is 67.2 Å². The molecule has 27 heavy (non-hydrogen) atoms. The van der Waals surface area contributed by atoms with Crippen LogP contribution < -0.4 is 5.48 Å². The molecule has 0 unspecified atom stereocenters.